The molecule has 5 nitrogen and oxygen atoms in total. The van der Waals surface area contributed by atoms with Gasteiger partial charge < -0.3 is 14.1 Å². The Hall–Kier alpha value is -2.48. The molecule has 1 heterocycles. The van der Waals surface area contributed by atoms with Gasteiger partial charge in [0.2, 0.25) is 11.7 Å². The second-order valence-corrected chi connectivity index (χ2v) is 4.25. The minimum Gasteiger partial charge on any atom is -0.488 e. The number of fused-ring (bicyclic) bond motifs is 1. The van der Waals surface area contributed by atoms with Crippen LogP contribution in [0.2, 0.25) is 0 Å². The van der Waals surface area contributed by atoms with Gasteiger partial charge in [-0.2, -0.15) is 5.26 Å². The quantitative estimate of drug-likeness (QED) is 0.842. The Balaban J connectivity index is 2.16. The Labute approximate surface area is 111 Å². The van der Waals surface area contributed by atoms with Crippen LogP contribution in [-0.4, -0.2) is 31.5 Å². The van der Waals surface area contributed by atoms with Crippen LogP contribution in [0.1, 0.15) is 12.2 Å². The Morgan fingerprint density at radius 2 is 2.16 bits per heavy atom. The number of amides is 1. The fourth-order valence-corrected chi connectivity index (χ4v) is 1.70. The van der Waals surface area contributed by atoms with Crippen LogP contribution in [0.4, 0.5) is 0 Å². The van der Waals surface area contributed by atoms with Crippen molar-refractivity contribution >= 4 is 16.9 Å². The normalized spacial score (nSPS) is 10.2. The highest BCUT2D eigenvalue weighted by Crippen LogP contribution is 2.32. The molecule has 0 N–H and O–H groups in total. The van der Waals surface area contributed by atoms with Crippen molar-refractivity contribution in [1.29, 1.82) is 5.26 Å². The summed E-state index contributed by atoms with van der Waals surface area (Å²) in [5.74, 6) is 0.523. The van der Waals surface area contributed by atoms with E-state index < -0.39 is 0 Å². The van der Waals surface area contributed by atoms with Crippen molar-refractivity contribution in [3.63, 3.8) is 0 Å². The summed E-state index contributed by atoms with van der Waals surface area (Å²) in [4.78, 5) is 12.9. The number of carbonyl (C=O) groups is 1. The van der Waals surface area contributed by atoms with Crippen molar-refractivity contribution in [3.8, 4) is 11.8 Å². The Kier molecular flexibility index (Phi) is 3.71. The number of carbonyl (C=O) groups excluding carboxylic acids is 1. The van der Waals surface area contributed by atoms with Crippen LogP contribution in [0.5, 0.6) is 5.75 Å². The first-order valence-electron chi connectivity index (χ1n) is 5.88. The Morgan fingerprint density at radius 1 is 1.42 bits per heavy atom. The maximum Gasteiger partial charge on any atom is 0.246 e. The van der Waals surface area contributed by atoms with Gasteiger partial charge in [-0.25, -0.2) is 0 Å². The summed E-state index contributed by atoms with van der Waals surface area (Å²) >= 11 is 0. The molecule has 0 atom stereocenters. The zero-order chi connectivity index (χ0) is 13.8. The van der Waals surface area contributed by atoms with Crippen LogP contribution in [0.15, 0.2) is 28.7 Å². The molecule has 19 heavy (non-hydrogen) atoms. The fraction of sp³-hybridized carbons (Fsp3) is 0.286. The van der Waals surface area contributed by atoms with Crippen LogP contribution in [-0.2, 0) is 4.79 Å². The molecular weight excluding hydrogens is 244 g/mol. The Bertz CT molecular complexity index is 638. The molecule has 0 bridgehead atoms. The first-order valence-corrected chi connectivity index (χ1v) is 5.88. The van der Waals surface area contributed by atoms with Crippen molar-refractivity contribution in [2.45, 2.75) is 6.42 Å². The lowest BCUT2D eigenvalue weighted by molar-refractivity contribution is -0.129. The molecule has 2 aromatic rings. The lowest BCUT2D eigenvalue weighted by atomic mass is 10.2. The summed E-state index contributed by atoms with van der Waals surface area (Å²) in [6, 6.07) is 9.22. The second-order valence-electron chi connectivity index (χ2n) is 4.25. The van der Waals surface area contributed by atoms with E-state index >= 15 is 0 Å². The van der Waals surface area contributed by atoms with E-state index in [1.165, 1.54) is 4.90 Å². The number of benzene rings is 1. The van der Waals surface area contributed by atoms with E-state index in [1.54, 1.807) is 20.2 Å². The standard InChI is InChI=1S/C14H14N2O3/c1-16(2)13(17)7-8-18-14-10-5-3-4-6-11(10)19-12(14)9-15/h3-6H,7-8H2,1-2H3. The molecule has 0 saturated carbocycles. The summed E-state index contributed by atoms with van der Waals surface area (Å²) < 4.78 is 10.9. The third-order valence-corrected chi connectivity index (χ3v) is 2.71. The molecule has 0 aliphatic heterocycles. The summed E-state index contributed by atoms with van der Waals surface area (Å²) in [6.45, 7) is 0.217. The van der Waals surface area contributed by atoms with Gasteiger partial charge in [-0.3, -0.25) is 4.79 Å². The number of hydrogen-bond donors (Lipinski definition) is 0. The second kappa shape index (κ2) is 5.44. The van der Waals surface area contributed by atoms with Gasteiger partial charge >= 0.3 is 0 Å². The molecule has 1 aromatic carbocycles. The number of rotatable bonds is 4. The van der Waals surface area contributed by atoms with E-state index in [0.717, 1.165) is 5.39 Å². The van der Waals surface area contributed by atoms with E-state index in [0.29, 0.717) is 11.3 Å². The van der Waals surface area contributed by atoms with Crippen LogP contribution in [0.25, 0.3) is 11.0 Å². The van der Waals surface area contributed by atoms with Crippen LogP contribution >= 0.6 is 0 Å². The molecule has 1 amide bonds. The van der Waals surface area contributed by atoms with Crippen LogP contribution in [0, 0.1) is 11.3 Å². The highest BCUT2D eigenvalue weighted by atomic mass is 16.5. The minimum absolute atomic E-state index is 0.0219. The topological polar surface area (TPSA) is 66.5 Å². The highest BCUT2D eigenvalue weighted by Gasteiger charge is 2.15. The number of hydrogen-bond acceptors (Lipinski definition) is 4. The minimum atomic E-state index is -0.0219. The number of para-hydroxylation sites is 1. The average Bonchev–Trinajstić information content (AvgIpc) is 2.76. The molecule has 0 saturated heterocycles. The lowest BCUT2D eigenvalue weighted by Gasteiger charge is -2.10. The predicted molar refractivity (Wildman–Crippen MR) is 69.7 cm³/mol. The zero-order valence-electron chi connectivity index (χ0n) is 10.8. The van der Waals surface area contributed by atoms with Crippen LogP contribution < -0.4 is 4.74 Å². The predicted octanol–water partition coefficient (Wildman–Crippen LogP) is 2.16. The van der Waals surface area contributed by atoms with Crippen molar-refractivity contribution in [2.75, 3.05) is 20.7 Å². The monoisotopic (exact) mass is 258 g/mol. The number of furan rings is 1. The summed E-state index contributed by atoms with van der Waals surface area (Å²) in [7, 11) is 3.38. The van der Waals surface area contributed by atoms with Gasteiger partial charge in [0.15, 0.2) is 5.75 Å². The first-order chi connectivity index (χ1) is 9.13. The fourth-order valence-electron chi connectivity index (χ4n) is 1.70. The molecule has 0 radical (unpaired) electrons. The molecule has 98 valence electrons. The van der Waals surface area contributed by atoms with Gasteiger partial charge in [0.25, 0.3) is 0 Å². The summed E-state index contributed by atoms with van der Waals surface area (Å²) in [5, 5.41) is 9.76. The molecule has 5 heteroatoms. The number of nitriles is 1. The third kappa shape index (κ3) is 2.68. The van der Waals surface area contributed by atoms with E-state index in [-0.39, 0.29) is 24.7 Å². The highest BCUT2D eigenvalue weighted by molar-refractivity contribution is 5.86. The molecule has 1 aromatic heterocycles. The first kappa shape index (κ1) is 13.0. The zero-order valence-corrected chi connectivity index (χ0v) is 10.8. The van der Waals surface area contributed by atoms with E-state index in [4.69, 9.17) is 14.4 Å². The van der Waals surface area contributed by atoms with Gasteiger partial charge in [-0.15, -0.1) is 0 Å². The average molecular weight is 258 g/mol. The molecule has 0 unspecified atom stereocenters. The number of ether oxygens (including phenoxy) is 1. The molecule has 0 spiro atoms. The maximum absolute atomic E-state index is 11.4. The van der Waals surface area contributed by atoms with E-state index in [1.807, 2.05) is 24.3 Å². The summed E-state index contributed by atoms with van der Waals surface area (Å²) in [5.41, 5.74) is 0.605. The van der Waals surface area contributed by atoms with Crippen molar-refractivity contribution < 1.29 is 13.9 Å². The molecule has 0 aliphatic rings. The maximum atomic E-state index is 11.4. The lowest BCUT2D eigenvalue weighted by Crippen LogP contribution is -2.23. The SMILES string of the molecule is CN(C)C(=O)CCOc1c(C#N)oc2ccccc12. The van der Waals surface area contributed by atoms with Crippen molar-refractivity contribution in [2.24, 2.45) is 0 Å². The smallest absolute Gasteiger partial charge is 0.246 e. The van der Waals surface area contributed by atoms with E-state index in [9.17, 15) is 4.79 Å². The van der Waals surface area contributed by atoms with Crippen molar-refractivity contribution in [3.05, 3.63) is 30.0 Å². The van der Waals surface area contributed by atoms with Gasteiger partial charge in [-0.1, -0.05) is 12.1 Å². The molecular formula is C14H14N2O3. The van der Waals surface area contributed by atoms with Gasteiger partial charge in [0, 0.05) is 14.1 Å². The third-order valence-electron chi connectivity index (χ3n) is 2.71. The van der Waals surface area contributed by atoms with Gasteiger partial charge in [-0.05, 0) is 12.1 Å². The molecule has 0 aliphatic carbocycles. The largest absolute Gasteiger partial charge is 0.488 e. The van der Waals surface area contributed by atoms with Crippen LogP contribution in [0.3, 0.4) is 0 Å². The van der Waals surface area contributed by atoms with E-state index in [2.05, 4.69) is 0 Å². The number of nitrogens with zero attached hydrogens (tertiary/aromatic N) is 2. The van der Waals surface area contributed by atoms with Gasteiger partial charge in [0.05, 0.1) is 18.4 Å². The summed E-state index contributed by atoms with van der Waals surface area (Å²) in [6.07, 6.45) is 0.261. The Morgan fingerprint density at radius 3 is 2.84 bits per heavy atom. The molecule has 2 rings (SSSR count). The van der Waals surface area contributed by atoms with Gasteiger partial charge in [0.1, 0.15) is 11.7 Å². The van der Waals surface area contributed by atoms with Crippen molar-refractivity contribution in [1.82, 2.24) is 4.90 Å². The molecule has 0 fully saturated rings.